The molecule has 0 amide bonds. The van der Waals surface area contributed by atoms with E-state index in [1.807, 2.05) is 47.7 Å². The van der Waals surface area contributed by atoms with Gasteiger partial charge < -0.3 is 4.42 Å². The zero-order valence-electron chi connectivity index (χ0n) is 24.7. The van der Waals surface area contributed by atoms with Crippen molar-refractivity contribution in [3.8, 4) is 50.6 Å². The average molecular weight is 604 g/mol. The normalized spacial score (nSPS) is 11.5. The maximum Gasteiger partial charge on any atom is 0.143 e. The molecule has 0 aliphatic carbocycles. The van der Waals surface area contributed by atoms with Crippen LogP contribution in [0.25, 0.3) is 86.6 Å². The summed E-state index contributed by atoms with van der Waals surface area (Å²) in [5.74, 6) is 0. The maximum atomic E-state index is 10.1. The van der Waals surface area contributed by atoms with Gasteiger partial charge in [0.1, 0.15) is 11.2 Å². The molecule has 2 aromatic heterocycles. The highest BCUT2D eigenvalue weighted by molar-refractivity contribution is 7.25. The van der Waals surface area contributed by atoms with Gasteiger partial charge in [-0.05, 0) is 63.7 Å². The van der Waals surface area contributed by atoms with Gasteiger partial charge in [-0.3, -0.25) is 0 Å². The second-order valence-corrected chi connectivity index (χ2v) is 12.6. The number of furan rings is 1. The predicted octanol–water partition coefficient (Wildman–Crippen LogP) is 12.5. The van der Waals surface area contributed by atoms with Crippen LogP contribution in [0.1, 0.15) is 5.56 Å². The number of rotatable bonds is 4. The maximum absolute atomic E-state index is 10.1. The zero-order chi connectivity index (χ0) is 30.6. The van der Waals surface area contributed by atoms with Gasteiger partial charge >= 0.3 is 0 Å². The number of para-hydroxylation sites is 2. The molecule has 2 heterocycles. The Labute approximate surface area is 270 Å². The van der Waals surface area contributed by atoms with Gasteiger partial charge in [-0.2, -0.15) is 5.26 Å². The number of nitriles is 1. The van der Waals surface area contributed by atoms with E-state index in [-0.39, 0.29) is 0 Å². The Hall–Kier alpha value is -5.95. The first kappa shape index (κ1) is 26.5. The first-order valence-electron chi connectivity index (χ1n) is 15.3. The van der Waals surface area contributed by atoms with E-state index in [4.69, 9.17) is 4.42 Å². The van der Waals surface area contributed by atoms with Crippen molar-refractivity contribution >= 4 is 53.4 Å². The highest BCUT2D eigenvalue weighted by atomic mass is 32.1. The summed E-state index contributed by atoms with van der Waals surface area (Å²) in [6.07, 6.45) is 0. The summed E-state index contributed by atoms with van der Waals surface area (Å²) >= 11 is 1.83. The highest BCUT2D eigenvalue weighted by Gasteiger charge is 2.20. The Morgan fingerprint density at radius 3 is 1.93 bits per heavy atom. The van der Waals surface area contributed by atoms with E-state index < -0.39 is 0 Å². The largest absolute Gasteiger partial charge is 0.455 e. The monoisotopic (exact) mass is 603 g/mol. The van der Waals surface area contributed by atoms with E-state index in [1.54, 1.807) is 0 Å². The quantitative estimate of drug-likeness (QED) is 0.201. The summed E-state index contributed by atoms with van der Waals surface area (Å²) in [5.41, 5.74) is 11.0. The minimum absolute atomic E-state index is 0.658. The van der Waals surface area contributed by atoms with Crippen LogP contribution < -0.4 is 0 Å². The van der Waals surface area contributed by atoms with E-state index in [0.717, 1.165) is 60.9 Å². The second-order valence-electron chi connectivity index (χ2n) is 11.5. The van der Waals surface area contributed by atoms with Crippen molar-refractivity contribution in [3.63, 3.8) is 0 Å². The third-order valence-corrected chi connectivity index (χ3v) is 10.1. The molecule has 0 N–H and O–H groups in total. The van der Waals surface area contributed by atoms with Crippen LogP contribution in [0.5, 0.6) is 0 Å². The summed E-state index contributed by atoms with van der Waals surface area (Å²) in [4.78, 5) is 0. The fourth-order valence-corrected chi connectivity index (χ4v) is 8.04. The van der Waals surface area contributed by atoms with E-state index in [0.29, 0.717) is 5.56 Å². The number of benzene rings is 7. The first-order valence-corrected chi connectivity index (χ1v) is 16.1. The van der Waals surface area contributed by atoms with Crippen LogP contribution in [-0.2, 0) is 0 Å². The van der Waals surface area contributed by atoms with E-state index in [2.05, 4.69) is 121 Å². The van der Waals surface area contributed by atoms with Crippen molar-refractivity contribution < 1.29 is 4.42 Å². The molecular weight excluding hydrogens is 579 g/mol. The average Bonchev–Trinajstić information content (AvgIpc) is 3.70. The van der Waals surface area contributed by atoms with Crippen molar-refractivity contribution in [3.05, 3.63) is 157 Å². The van der Waals surface area contributed by atoms with Crippen LogP contribution in [0.3, 0.4) is 0 Å². The molecule has 0 atom stereocenters. The summed E-state index contributed by atoms with van der Waals surface area (Å²) < 4.78 is 9.03. The number of hydrogen-bond acceptors (Lipinski definition) is 3. The van der Waals surface area contributed by atoms with E-state index in [1.165, 1.54) is 25.7 Å². The number of thiophene rings is 1. The topological polar surface area (TPSA) is 36.9 Å². The lowest BCUT2D eigenvalue weighted by Crippen LogP contribution is -1.93. The minimum atomic E-state index is 0.658. The van der Waals surface area contributed by atoms with Gasteiger partial charge in [0.2, 0.25) is 0 Å². The molecule has 0 radical (unpaired) electrons. The zero-order valence-corrected chi connectivity index (χ0v) is 25.5. The fourth-order valence-electron chi connectivity index (χ4n) is 6.91. The van der Waals surface area contributed by atoms with Gasteiger partial charge in [-0.1, -0.05) is 121 Å². The lowest BCUT2D eigenvalue weighted by molar-refractivity contribution is 0.670. The molecule has 9 aromatic rings. The van der Waals surface area contributed by atoms with Gasteiger partial charge in [0.25, 0.3) is 0 Å². The van der Waals surface area contributed by atoms with Crippen LogP contribution in [0.2, 0.25) is 0 Å². The summed E-state index contributed by atoms with van der Waals surface area (Å²) in [7, 11) is 0. The fraction of sp³-hybridized carbons (Fsp3) is 0. The van der Waals surface area contributed by atoms with Crippen LogP contribution in [0, 0.1) is 11.3 Å². The van der Waals surface area contributed by atoms with Crippen molar-refractivity contribution in [2.75, 3.05) is 0 Å². The number of fused-ring (bicyclic) bond motifs is 6. The van der Waals surface area contributed by atoms with Gasteiger partial charge in [-0.15, -0.1) is 11.3 Å². The smallest absolute Gasteiger partial charge is 0.143 e. The standard InChI is InChI=1S/C43H25NOS/c44-26-28-11-1-2-12-29(28)31-13-3-4-14-32(31)38-25-27(30-17-9-19-36-34-15-5-7-20-39(34)45-43(30)36)23-24-33(38)35-18-10-22-41-42(35)37-16-6-8-21-40(37)46-41/h1-25H. The van der Waals surface area contributed by atoms with E-state index in [9.17, 15) is 5.26 Å². The van der Waals surface area contributed by atoms with Crippen LogP contribution >= 0.6 is 11.3 Å². The lowest BCUT2D eigenvalue weighted by atomic mass is 9.85. The molecule has 0 saturated carbocycles. The third-order valence-electron chi connectivity index (χ3n) is 8.98. The second kappa shape index (κ2) is 10.6. The molecule has 214 valence electrons. The molecule has 7 aromatic carbocycles. The lowest BCUT2D eigenvalue weighted by Gasteiger charge is -2.18. The summed E-state index contributed by atoms with van der Waals surface area (Å²) in [6, 6.07) is 55.4. The molecule has 0 spiro atoms. The first-order chi connectivity index (χ1) is 22.8. The van der Waals surface area contributed by atoms with Gasteiger partial charge in [0, 0.05) is 42.1 Å². The Morgan fingerprint density at radius 2 is 1.07 bits per heavy atom. The summed E-state index contributed by atoms with van der Waals surface area (Å²) in [5, 5.41) is 14.8. The molecule has 2 nitrogen and oxygen atoms in total. The van der Waals surface area contributed by atoms with E-state index >= 15 is 0 Å². The highest BCUT2D eigenvalue weighted by Crippen LogP contribution is 2.46. The Balaban J connectivity index is 1.36. The Bertz CT molecular complexity index is 2670. The third kappa shape index (κ3) is 4.09. The molecule has 0 fully saturated rings. The van der Waals surface area contributed by atoms with Crippen molar-refractivity contribution in [1.82, 2.24) is 0 Å². The Kier molecular flexibility index (Phi) is 6.09. The van der Waals surface area contributed by atoms with Crippen LogP contribution in [-0.4, -0.2) is 0 Å². The summed E-state index contributed by atoms with van der Waals surface area (Å²) in [6.45, 7) is 0. The molecule has 0 aliphatic heterocycles. The van der Waals surface area contributed by atoms with Crippen molar-refractivity contribution in [2.45, 2.75) is 0 Å². The van der Waals surface area contributed by atoms with Gasteiger partial charge in [0.15, 0.2) is 0 Å². The van der Waals surface area contributed by atoms with Crippen LogP contribution in [0.4, 0.5) is 0 Å². The van der Waals surface area contributed by atoms with Gasteiger partial charge in [-0.25, -0.2) is 0 Å². The number of hydrogen-bond donors (Lipinski definition) is 0. The molecule has 0 aliphatic rings. The number of nitrogens with zero attached hydrogens (tertiary/aromatic N) is 1. The van der Waals surface area contributed by atoms with Gasteiger partial charge in [0.05, 0.1) is 11.6 Å². The van der Waals surface area contributed by atoms with Crippen LogP contribution in [0.15, 0.2) is 156 Å². The minimum Gasteiger partial charge on any atom is -0.455 e. The SMILES string of the molecule is N#Cc1ccccc1-c1ccccc1-c1cc(-c2cccc3c2oc2ccccc23)ccc1-c1cccc2sc3ccccc3c12. The molecule has 3 heteroatoms. The molecule has 0 bridgehead atoms. The molecule has 9 rings (SSSR count). The van der Waals surface area contributed by atoms with Crippen molar-refractivity contribution in [2.24, 2.45) is 0 Å². The predicted molar refractivity (Wildman–Crippen MR) is 193 cm³/mol. The Morgan fingerprint density at radius 1 is 0.457 bits per heavy atom. The van der Waals surface area contributed by atoms with Crippen molar-refractivity contribution in [1.29, 1.82) is 5.26 Å². The molecular formula is C43H25NOS. The molecule has 0 saturated heterocycles. The molecule has 46 heavy (non-hydrogen) atoms. The molecule has 0 unspecified atom stereocenters.